The van der Waals surface area contributed by atoms with Crippen molar-refractivity contribution in [1.29, 1.82) is 0 Å². The van der Waals surface area contributed by atoms with Crippen LogP contribution < -0.4 is 5.32 Å². The van der Waals surface area contributed by atoms with Crippen molar-refractivity contribution >= 4 is 11.9 Å². The van der Waals surface area contributed by atoms with E-state index in [9.17, 15) is 19.1 Å². The molecule has 0 saturated heterocycles. The average Bonchev–Trinajstić information content (AvgIpc) is 2.40. The number of carbonyl (C=O) groups is 2. The number of hydrogen-bond acceptors (Lipinski definition) is 2. The third-order valence-corrected chi connectivity index (χ3v) is 3.58. The van der Waals surface area contributed by atoms with Crippen molar-refractivity contribution in [2.24, 2.45) is 5.92 Å². The lowest BCUT2D eigenvalue weighted by Gasteiger charge is -2.28. The third-order valence-electron chi connectivity index (χ3n) is 3.58. The number of carbonyl (C=O) groups excluding carboxylic acids is 1. The molecule has 1 rings (SSSR count). The number of nitrogens with one attached hydrogen (secondary N) is 1. The zero-order chi connectivity index (χ0) is 15.3. The van der Waals surface area contributed by atoms with Crippen LogP contribution in [0.25, 0.3) is 0 Å². The fourth-order valence-electron chi connectivity index (χ4n) is 2.04. The number of aliphatic carboxylic acids is 1. The number of amides is 1. The average molecular weight is 281 g/mol. The van der Waals surface area contributed by atoms with Gasteiger partial charge in [0, 0.05) is 5.92 Å². The molecule has 1 aromatic rings. The number of hydrogen-bond donors (Lipinski definition) is 2. The molecule has 4 nitrogen and oxygen atoms in total. The number of rotatable bonds is 6. The van der Waals surface area contributed by atoms with Gasteiger partial charge in [0.1, 0.15) is 5.82 Å². The van der Waals surface area contributed by atoms with E-state index in [4.69, 9.17) is 0 Å². The summed E-state index contributed by atoms with van der Waals surface area (Å²) in [4.78, 5) is 23.7. The van der Waals surface area contributed by atoms with E-state index >= 15 is 0 Å². The van der Waals surface area contributed by atoms with Crippen LogP contribution in [0.3, 0.4) is 0 Å². The smallest absolute Gasteiger partial charge is 0.333 e. The van der Waals surface area contributed by atoms with Crippen LogP contribution in [0.15, 0.2) is 24.3 Å². The first-order valence-electron chi connectivity index (χ1n) is 6.66. The molecule has 0 radical (unpaired) electrons. The van der Waals surface area contributed by atoms with Gasteiger partial charge in [0.05, 0.1) is 0 Å². The van der Waals surface area contributed by atoms with E-state index in [1.165, 1.54) is 31.2 Å². The highest BCUT2D eigenvalue weighted by molar-refractivity contribution is 5.88. The van der Waals surface area contributed by atoms with Crippen LogP contribution in [0, 0.1) is 11.7 Å². The molecular weight excluding hydrogens is 261 g/mol. The molecule has 1 atom stereocenters. The van der Waals surface area contributed by atoms with Crippen molar-refractivity contribution in [3.8, 4) is 0 Å². The van der Waals surface area contributed by atoms with E-state index in [0.717, 1.165) is 0 Å². The first kappa shape index (κ1) is 16.1. The summed E-state index contributed by atoms with van der Waals surface area (Å²) in [6.45, 7) is 5.16. The summed E-state index contributed by atoms with van der Waals surface area (Å²) >= 11 is 0. The molecule has 0 heterocycles. The van der Waals surface area contributed by atoms with Crippen LogP contribution in [-0.4, -0.2) is 17.0 Å². The molecule has 0 aliphatic heterocycles. The fraction of sp³-hybridized carbons (Fsp3) is 0.467. The Morgan fingerprint density at radius 1 is 1.25 bits per heavy atom. The SMILES string of the molecule is CCC(CC)C(=O)NC(C)(C(=O)O)c1ccc(F)cc1. The molecule has 0 saturated carbocycles. The summed E-state index contributed by atoms with van der Waals surface area (Å²) in [6, 6.07) is 5.10. The molecule has 0 spiro atoms. The minimum Gasteiger partial charge on any atom is -0.479 e. The Balaban J connectivity index is 3.07. The van der Waals surface area contributed by atoms with Gasteiger partial charge in [-0.05, 0) is 37.5 Å². The van der Waals surface area contributed by atoms with Gasteiger partial charge in [0.2, 0.25) is 5.91 Å². The first-order chi connectivity index (χ1) is 9.35. The predicted molar refractivity (Wildman–Crippen MR) is 73.6 cm³/mol. The summed E-state index contributed by atoms with van der Waals surface area (Å²) in [7, 11) is 0. The van der Waals surface area contributed by atoms with Crippen molar-refractivity contribution in [3.05, 3.63) is 35.6 Å². The van der Waals surface area contributed by atoms with Crippen molar-refractivity contribution in [2.45, 2.75) is 39.2 Å². The minimum atomic E-state index is -1.56. The first-order valence-corrected chi connectivity index (χ1v) is 6.66. The van der Waals surface area contributed by atoms with Gasteiger partial charge in [0.25, 0.3) is 0 Å². The molecule has 0 aliphatic carbocycles. The largest absolute Gasteiger partial charge is 0.479 e. The number of halogens is 1. The van der Waals surface area contributed by atoms with Crippen molar-refractivity contribution in [1.82, 2.24) is 5.32 Å². The lowest BCUT2D eigenvalue weighted by Crippen LogP contribution is -2.51. The summed E-state index contributed by atoms with van der Waals surface area (Å²) < 4.78 is 12.9. The molecule has 5 heteroatoms. The predicted octanol–water partition coefficient (Wildman–Crippen LogP) is 2.68. The van der Waals surface area contributed by atoms with E-state index in [1.807, 2.05) is 13.8 Å². The Bertz CT molecular complexity index is 482. The van der Waals surface area contributed by atoms with Gasteiger partial charge in [-0.3, -0.25) is 4.79 Å². The van der Waals surface area contributed by atoms with Crippen molar-refractivity contribution in [2.75, 3.05) is 0 Å². The summed E-state index contributed by atoms with van der Waals surface area (Å²) in [5.41, 5.74) is -1.22. The van der Waals surface area contributed by atoms with Gasteiger partial charge in [0.15, 0.2) is 5.54 Å². The number of benzene rings is 1. The maximum absolute atomic E-state index is 12.9. The van der Waals surface area contributed by atoms with Gasteiger partial charge in [-0.25, -0.2) is 9.18 Å². The van der Waals surface area contributed by atoms with Gasteiger partial charge in [-0.15, -0.1) is 0 Å². The topological polar surface area (TPSA) is 66.4 Å². The summed E-state index contributed by atoms with van der Waals surface area (Å²) in [5, 5.41) is 12.0. The normalized spacial score (nSPS) is 13.8. The van der Waals surface area contributed by atoms with Gasteiger partial charge in [-0.2, -0.15) is 0 Å². The molecule has 1 unspecified atom stereocenters. The Kier molecular flexibility index (Phi) is 5.25. The molecule has 20 heavy (non-hydrogen) atoms. The van der Waals surface area contributed by atoms with E-state index in [0.29, 0.717) is 18.4 Å². The molecule has 110 valence electrons. The van der Waals surface area contributed by atoms with E-state index in [2.05, 4.69) is 5.32 Å². The lowest BCUT2D eigenvalue weighted by molar-refractivity contribution is -0.148. The highest BCUT2D eigenvalue weighted by Gasteiger charge is 2.37. The Morgan fingerprint density at radius 2 is 1.75 bits per heavy atom. The highest BCUT2D eigenvalue weighted by Crippen LogP contribution is 2.23. The van der Waals surface area contributed by atoms with Crippen LogP contribution in [-0.2, 0) is 15.1 Å². The second kappa shape index (κ2) is 6.50. The molecular formula is C15H20FNO3. The van der Waals surface area contributed by atoms with Crippen LogP contribution >= 0.6 is 0 Å². The van der Waals surface area contributed by atoms with Crippen molar-refractivity contribution < 1.29 is 19.1 Å². The zero-order valence-corrected chi connectivity index (χ0v) is 11.9. The second-order valence-electron chi connectivity index (χ2n) is 4.94. The maximum atomic E-state index is 12.9. The third kappa shape index (κ3) is 3.35. The van der Waals surface area contributed by atoms with E-state index in [1.54, 1.807) is 0 Å². The van der Waals surface area contributed by atoms with Gasteiger partial charge < -0.3 is 10.4 Å². The molecule has 0 bridgehead atoms. The Hall–Kier alpha value is -1.91. The standard InChI is InChI=1S/C15H20FNO3/c1-4-10(5-2)13(18)17-15(3,14(19)20)11-6-8-12(16)9-7-11/h6-10H,4-5H2,1-3H3,(H,17,18)(H,19,20). The lowest BCUT2D eigenvalue weighted by atomic mass is 9.90. The Morgan fingerprint density at radius 3 is 2.15 bits per heavy atom. The Labute approximate surface area is 118 Å². The molecule has 1 amide bonds. The fourth-order valence-corrected chi connectivity index (χ4v) is 2.04. The number of carboxylic acids is 1. The monoisotopic (exact) mass is 281 g/mol. The van der Waals surface area contributed by atoms with Crippen LogP contribution in [0.5, 0.6) is 0 Å². The van der Waals surface area contributed by atoms with Crippen LogP contribution in [0.4, 0.5) is 4.39 Å². The molecule has 0 aliphatic rings. The van der Waals surface area contributed by atoms with E-state index in [-0.39, 0.29) is 11.8 Å². The van der Waals surface area contributed by atoms with Crippen LogP contribution in [0.2, 0.25) is 0 Å². The zero-order valence-electron chi connectivity index (χ0n) is 11.9. The number of carboxylic acid groups (broad SMARTS) is 1. The second-order valence-corrected chi connectivity index (χ2v) is 4.94. The molecule has 2 N–H and O–H groups in total. The summed E-state index contributed by atoms with van der Waals surface area (Å²) in [6.07, 6.45) is 1.28. The van der Waals surface area contributed by atoms with Crippen molar-refractivity contribution in [3.63, 3.8) is 0 Å². The molecule has 0 fully saturated rings. The molecule has 0 aromatic heterocycles. The summed E-state index contributed by atoms with van der Waals surface area (Å²) in [5.74, 6) is -2.16. The quantitative estimate of drug-likeness (QED) is 0.842. The highest BCUT2D eigenvalue weighted by atomic mass is 19.1. The minimum absolute atomic E-state index is 0.228. The van der Waals surface area contributed by atoms with Gasteiger partial charge >= 0.3 is 5.97 Å². The van der Waals surface area contributed by atoms with Crippen LogP contribution in [0.1, 0.15) is 39.2 Å². The van der Waals surface area contributed by atoms with Gasteiger partial charge in [-0.1, -0.05) is 26.0 Å². The van der Waals surface area contributed by atoms with E-state index < -0.39 is 17.3 Å². The molecule has 1 aromatic carbocycles. The maximum Gasteiger partial charge on any atom is 0.333 e.